The van der Waals surface area contributed by atoms with Crippen LogP contribution in [-0.2, 0) is 20.2 Å². The van der Waals surface area contributed by atoms with E-state index in [1.165, 1.54) is 0 Å². The first-order chi connectivity index (χ1) is 11.6. The maximum atomic E-state index is 13.1. The van der Waals surface area contributed by atoms with Gasteiger partial charge in [0.1, 0.15) is 5.66 Å². The number of hydrogen-bond donors (Lipinski definition) is 0. The molecule has 128 valence electrons. The summed E-state index contributed by atoms with van der Waals surface area (Å²) in [5, 5.41) is 0. The molecule has 1 unspecified atom stereocenters. The zero-order valence-corrected chi connectivity index (χ0v) is 14.9. The van der Waals surface area contributed by atoms with Crippen molar-refractivity contribution in [1.29, 1.82) is 0 Å². The molecule has 1 aliphatic heterocycles. The molecule has 1 aromatic heterocycles. The van der Waals surface area contributed by atoms with Crippen molar-refractivity contribution in [2.45, 2.75) is 32.5 Å². The van der Waals surface area contributed by atoms with Gasteiger partial charge in [-0.05, 0) is 32.4 Å². The highest BCUT2D eigenvalue weighted by Crippen LogP contribution is 2.64. The Morgan fingerprint density at radius 1 is 1.12 bits per heavy atom. The predicted octanol–water partition coefficient (Wildman–Crippen LogP) is 4.43. The van der Waals surface area contributed by atoms with Crippen LogP contribution < -0.4 is 0 Å². The quantitative estimate of drug-likeness (QED) is 0.549. The predicted molar refractivity (Wildman–Crippen MR) is 92.5 cm³/mol. The van der Waals surface area contributed by atoms with Crippen molar-refractivity contribution in [3.63, 3.8) is 0 Å². The van der Waals surface area contributed by atoms with Crippen LogP contribution in [0.2, 0.25) is 0 Å². The number of rotatable bonds is 7. The first-order valence-corrected chi connectivity index (χ1v) is 9.90. The number of carbonyl (C=O) groups is 1. The Balaban J connectivity index is 1.93. The normalized spacial score (nSPS) is 17.0. The summed E-state index contributed by atoms with van der Waals surface area (Å²) in [7, 11) is -3.22. The monoisotopic (exact) mass is 347 g/mol. The molecule has 0 saturated heterocycles. The van der Waals surface area contributed by atoms with Gasteiger partial charge in [-0.25, -0.2) is 0 Å². The van der Waals surface area contributed by atoms with Crippen molar-refractivity contribution >= 4 is 13.4 Å². The van der Waals surface area contributed by atoms with Gasteiger partial charge >= 0.3 is 7.60 Å². The van der Waals surface area contributed by atoms with Crippen molar-refractivity contribution in [1.82, 2.24) is 4.57 Å². The fourth-order valence-electron chi connectivity index (χ4n) is 3.26. The Morgan fingerprint density at radius 2 is 1.79 bits per heavy atom. The minimum Gasteiger partial charge on any atom is -0.341 e. The van der Waals surface area contributed by atoms with Crippen LogP contribution in [0, 0.1) is 0 Å². The van der Waals surface area contributed by atoms with Gasteiger partial charge in [0.05, 0.1) is 18.9 Å². The Hall–Kier alpha value is -1.68. The third-order valence-corrected chi connectivity index (χ3v) is 6.77. The number of hydrogen-bond acceptors (Lipinski definition) is 4. The maximum absolute atomic E-state index is 13.1. The molecule has 0 aliphatic carbocycles. The van der Waals surface area contributed by atoms with E-state index in [1.54, 1.807) is 18.2 Å². The zero-order chi connectivity index (χ0) is 17.2. The van der Waals surface area contributed by atoms with Gasteiger partial charge in [-0.1, -0.05) is 30.3 Å². The van der Waals surface area contributed by atoms with Crippen molar-refractivity contribution in [2.75, 3.05) is 13.2 Å². The molecule has 0 spiro atoms. The molecule has 0 fully saturated rings. The third kappa shape index (κ3) is 3.00. The number of carbonyl (C=O) groups excluding carboxylic acids is 1. The van der Waals surface area contributed by atoms with E-state index < -0.39 is 7.60 Å². The molecule has 1 atom stereocenters. The summed E-state index contributed by atoms with van der Waals surface area (Å²) < 4.78 is 26.0. The number of benzene rings is 1. The van der Waals surface area contributed by atoms with Gasteiger partial charge in [0, 0.05) is 17.8 Å². The van der Waals surface area contributed by atoms with E-state index in [9.17, 15) is 9.36 Å². The van der Waals surface area contributed by atoms with Crippen molar-refractivity contribution in [3.8, 4) is 0 Å². The standard InChI is InChI=1S/C18H22NO4P/c1-3-22-24(21,23-4-2)17-12-13-19-15(17)10-11-16(19)18(20)14-8-6-5-7-9-14/h5-11,17H,3-4,12-13H2,1-2H3. The second kappa shape index (κ2) is 7.06. The lowest BCUT2D eigenvalue weighted by atomic mass is 10.1. The van der Waals surface area contributed by atoms with Crippen LogP contribution in [0.5, 0.6) is 0 Å². The Morgan fingerprint density at radius 3 is 2.42 bits per heavy atom. The summed E-state index contributed by atoms with van der Waals surface area (Å²) in [6.45, 7) is 4.94. The number of nitrogens with zero attached hydrogens (tertiary/aromatic N) is 1. The van der Waals surface area contributed by atoms with Gasteiger partial charge < -0.3 is 13.6 Å². The molecule has 0 N–H and O–H groups in total. The van der Waals surface area contributed by atoms with Gasteiger partial charge in [0.15, 0.2) is 0 Å². The van der Waals surface area contributed by atoms with E-state index in [-0.39, 0.29) is 11.4 Å². The van der Waals surface area contributed by atoms with Crippen LogP contribution in [0.3, 0.4) is 0 Å². The summed E-state index contributed by atoms with van der Waals surface area (Å²) in [5.41, 5.74) is 1.83. The fraction of sp³-hybridized carbons (Fsp3) is 0.389. The highest BCUT2D eigenvalue weighted by atomic mass is 31.2. The van der Waals surface area contributed by atoms with E-state index in [0.29, 0.717) is 37.4 Å². The first kappa shape index (κ1) is 17.2. The van der Waals surface area contributed by atoms with E-state index in [2.05, 4.69) is 0 Å². The Labute approximate surface area is 142 Å². The molecular weight excluding hydrogens is 325 g/mol. The SMILES string of the molecule is CCOP(=O)(OCC)C1CCn2c(C(=O)c3ccccc3)ccc21. The summed E-state index contributed by atoms with van der Waals surface area (Å²) in [5.74, 6) is -0.0230. The molecule has 1 aliphatic rings. The minimum absolute atomic E-state index is 0.0230. The van der Waals surface area contributed by atoms with Gasteiger partial charge in [0.25, 0.3) is 0 Å². The van der Waals surface area contributed by atoms with Crippen molar-refractivity contribution < 1.29 is 18.4 Å². The van der Waals surface area contributed by atoms with Crippen LogP contribution >= 0.6 is 7.60 Å². The molecular formula is C18H22NO4P. The lowest BCUT2D eigenvalue weighted by Crippen LogP contribution is -2.09. The highest BCUT2D eigenvalue weighted by molar-refractivity contribution is 7.54. The van der Waals surface area contributed by atoms with Crippen LogP contribution in [0.1, 0.15) is 47.7 Å². The Kier molecular flexibility index (Phi) is 5.04. The summed E-state index contributed by atoms with van der Waals surface area (Å²) in [4.78, 5) is 12.7. The topological polar surface area (TPSA) is 57.5 Å². The lowest BCUT2D eigenvalue weighted by Gasteiger charge is -2.22. The van der Waals surface area contributed by atoms with E-state index in [0.717, 1.165) is 5.69 Å². The summed E-state index contributed by atoms with van der Waals surface area (Å²) >= 11 is 0. The molecule has 0 bridgehead atoms. The zero-order valence-electron chi connectivity index (χ0n) is 14.0. The van der Waals surface area contributed by atoms with Gasteiger partial charge in [0.2, 0.25) is 5.78 Å². The molecule has 24 heavy (non-hydrogen) atoms. The van der Waals surface area contributed by atoms with Crippen molar-refractivity contribution in [3.05, 3.63) is 59.4 Å². The van der Waals surface area contributed by atoms with Crippen LogP contribution in [0.25, 0.3) is 0 Å². The van der Waals surface area contributed by atoms with Gasteiger partial charge in [-0.3, -0.25) is 9.36 Å². The van der Waals surface area contributed by atoms with E-state index in [4.69, 9.17) is 9.05 Å². The minimum atomic E-state index is -3.22. The molecule has 2 aromatic rings. The first-order valence-electron chi connectivity index (χ1n) is 8.28. The summed E-state index contributed by atoms with van der Waals surface area (Å²) in [6, 6.07) is 12.9. The van der Waals surface area contributed by atoms with Crippen LogP contribution in [0.4, 0.5) is 0 Å². The molecule has 0 radical (unpaired) electrons. The lowest BCUT2D eigenvalue weighted by molar-refractivity contribution is 0.103. The number of ketones is 1. The fourth-order valence-corrected chi connectivity index (χ4v) is 5.39. The average Bonchev–Trinajstić information content (AvgIpc) is 3.17. The summed E-state index contributed by atoms with van der Waals surface area (Å²) in [6.07, 6.45) is 0.655. The highest BCUT2D eigenvalue weighted by Gasteiger charge is 2.42. The second-order valence-electron chi connectivity index (χ2n) is 5.67. The molecule has 5 nitrogen and oxygen atoms in total. The molecule has 2 heterocycles. The third-order valence-electron chi connectivity index (χ3n) is 4.25. The maximum Gasteiger partial charge on any atom is 0.339 e. The van der Waals surface area contributed by atoms with Crippen LogP contribution in [-0.4, -0.2) is 23.6 Å². The van der Waals surface area contributed by atoms with Gasteiger partial charge in [-0.2, -0.15) is 0 Å². The molecule has 6 heteroatoms. The van der Waals surface area contributed by atoms with Crippen molar-refractivity contribution in [2.24, 2.45) is 0 Å². The smallest absolute Gasteiger partial charge is 0.339 e. The molecule has 0 amide bonds. The molecule has 0 saturated carbocycles. The van der Waals surface area contributed by atoms with Crippen LogP contribution in [0.15, 0.2) is 42.5 Å². The van der Waals surface area contributed by atoms with E-state index in [1.807, 2.05) is 42.7 Å². The molecule has 1 aromatic carbocycles. The molecule has 3 rings (SSSR count). The van der Waals surface area contributed by atoms with Gasteiger partial charge in [-0.15, -0.1) is 0 Å². The Bertz CT molecular complexity index is 759. The number of fused-ring (bicyclic) bond motifs is 1. The van der Waals surface area contributed by atoms with E-state index >= 15 is 0 Å². The average molecular weight is 347 g/mol. The second-order valence-corrected chi connectivity index (χ2v) is 7.89. The largest absolute Gasteiger partial charge is 0.341 e. The number of aromatic nitrogens is 1.